The van der Waals surface area contributed by atoms with Crippen LogP contribution in [0, 0.1) is 29.6 Å². The van der Waals surface area contributed by atoms with Crippen LogP contribution in [0.15, 0.2) is 18.2 Å². The second kappa shape index (κ2) is 5.21. The summed E-state index contributed by atoms with van der Waals surface area (Å²) < 4.78 is 5.68. The smallest absolute Gasteiger partial charge is 0.172 e. The number of ether oxygens (including phenoxy) is 1. The van der Waals surface area contributed by atoms with Crippen LogP contribution in [0.2, 0.25) is 0 Å². The second-order valence-corrected chi connectivity index (χ2v) is 3.89. The summed E-state index contributed by atoms with van der Waals surface area (Å²) in [5.41, 5.74) is 7.64. The molecule has 0 saturated heterocycles. The summed E-state index contributed by atoms with van der Waals surface area (Å²) in [6.45, 7) is 2.05. The molecule has 0 aliphatic carbocycles. The van der Waals surface area contributed by atoms with Gasteiger partial charge in [0.15, 0.2) is 5.75 Å². The van der Waals surface area contributed by atoms with Gasteiger partial charge in [0.1, 0.15) is 11.4 Å². The van der Waals surface area contributed by atoms with Crippen molar-refractivity contribution in [1.82, 2.24) is 10.2 Å². The number of benzene rings is 1. The van der Waals surface area contributed by atoms with Gasteiger partial charge in [-0.15, -0.1) is 0 Å². The van der Waals surface area contributed by atoms with Crippen LogP contribution >= 0.6 is 0 Å². The van der Waals surface area contributed by atoms with E-state index in [0.717, 1.165) is 0 Å². The lowest BCUT2D eigenvalue weighted by Gasteiger charge is -2.07. The number of aromatic nitrogens is 2. The number of nitrogens with zero attached hydrogens (tertiary/aromatic N) is 3. The Bertz CT molecular complexity index is 658. The molecule has 0 aliphatic rings. The Kier molecular flexibility index (Phi) is 3.46. The zero-order valence-electron chi connectivity index (χ0n) is 10.3. The zero-order valence-corrected chi connectivity index (χ0v) is 10.3. The van der Waals surface area contributed by atoms with E-state index in [1.807, 2.05) is 12.1 Å². The predicted molar refractivity (Wildman–Crippen MR) is 67.2 cm³/mol. The van der Waals surface area contributed by atoms with Crippen molar-refractivity contribution in [2.45, 2.75) is 13.5 Å². The normalized spacial score (nSPS) is 9.68. The van der Waals surface area contributed by atoms with E-state index >= 15 is 0 Å². The van der Waals surface area contributed by atoms with E-state index in [2.05, 4.69) is 10.2 Å². The third-order valence-electron chi connectivity index (χ3n) is 2.55. The Balaban J connectivity index is 2.41. The number of nitrogens with two attached hydrogens (primary N) is 1. The van der Waals surface area contributed by atoms with E-state index in [0.29, 0.717) is 34.0 Å². The molecule has 0 unspecified atom stereocenters. The molecule has 1 aromatic heterocycles. The van der Waals surface area contributed by atoms with Crippen molar-refractivity contribution < 1.29 is 4.74 Å². The van der Waals surface area contributed by atoms with Crippen molar-refractivity contribution in [3.8, 4) is 23.6 Å². The number of hydrogen-bond acceptors (Lipinski definition) is 5. The van der Waals surface area contributed by atoms with Gasteiger partial charge in [0, 0.05) is 6.54 Å². The van der Waals surface area contributed by atoms with Gasteiger partial charge < -0.3 is 10.5 Å². The summed E-state index contributed by atoms with van der Waals surface area (Å²) >= 11 is 0. The highest BCUT2D eigenvalue weighted by Gasteiger charge is 2.12. The molecule has 3 N–H and O–H groups in total. The highest BCUT2D eigenvalue weighted by molar-refractivity contribution is 5.47. The Morgan fingerprint density at radius 2 is 1.89 bits per heavy atom. The minimum absolute atomic E-state index is 0.263. The van der Waals surface area contributed by atoms with Crippen LogP contribution in [-0.2, 0) is 6.54 Å². The molecule has 94 valence electrons. The number of aromatic amines is 1. The summed E-state index contributed by atoms with van der Waals surface area (Å²) in [5, 5.41) is 24.6. The van der Waals surface area contributed by atoms with Crippen molar-refractivity contribution in [3.05, 3.63) is 40.7 Å². The Morgan fingerprint density at radius 1 is 1.26 bits per heavy atom. The minimum atomic E-state index is 0.263. The second-order valence-electron chi connectivity index (χ2n) is 3.89. The molecule has 1 heterocycles. The summed E-state index contributed by atoms with van der Waals surface area (Å²) in [6.07, 6.45) is 0. The number of nitriles is 2. The summed E-state index contributed by atoms with van der Waals surface area (Å²) in [7, 11) is 0. The van der Waals surface area contributed by atoms with Gasteiger partial charge in [-0.2, -0.15) is 15.6 Å². The van der Waals surface area contributed by atoms with E-state index in [4.69, 9.17) is 21.0 Å². The van der Waals surface area contributed by atoms with Crippen LogP contribution in [0.4, 0.5) is 0 Å². The van der Waals surface area contributed by atoms with Crippen molar-refractivity contribution in [2.24, 2.45) is 5.73 Å². The fraction of sp³-hybridized carbons (Fsp3) is 0.154. The number of aryl methyl sites for hydroxylation is 1. The molecule has 0 spiro atoms. The maximum atomic E-state index is 8.91. The first kappa shape index (κ1) is 12.6. The van der Waals surface area contributed by atoms with Crippen molar-refractivity contribution >= 4 is 0 Å². The largest absolute Gasteiger partial charge is 0.453 e. The average Bonchev–Trinajstić information content (AvgIpc) is 2.79. The van der Waals surface area contributed by atoms with Gasteiger partial charge in [0.05, 0.1) is 29.0 Å². The fourth-order valence-electron chi connectivity index (χ4n) is 1.65. The van der Waals surface area contributed by atoms with E-state index in [9.17, 15) is 0 Å². The molecule has 0 bridgehead atoms. The average molecular weight is 253 g/mol. The van der Waals surface area contributed by atoms with Gasteiger partial charge in [0.25, 0.3) is 0 Å². The molecule has 1 aromatic carbocycles. The molecule has 0 aliphatic heterocycles. The molecular formula is C13H11N5O. The molecule has 2 rings (SSSR count). The maximum absolute atomic E-state index is 8.91. The molecular weight excluding hydrogens is 242 g/mol. The summed E-state index contributed by atoms with van der Waals surface area (Å²) in [5.74, 6) is 0.941. The first-order chi connectivity index (χ1) is 9.17. The summed E-state index contributed by atoms with van der Waals surface area (Å²) in [4.78, 5) is 0. The number of H-pyrrole nitrogens is 1. The molecule has 0 atom stereocenters. The van der Waals surface area contributed by atoms with Crippen LogP contribution in [0.25, 0.3) is 0 Å². The third-order valence-corrected chi connectivity index (χ3v) is 2.55. The van der Waals surface area contributed by atoms with Gasteiger partial charge in [-0.05, 0) is 25.1 Å². The van der Waals surface area contributed by atoms with E-state index < -0.39 is 0 Å². The summed E-state index contributed by atoms with van der Waals surface area (Å²) in [6, 6.07) is 8.60. The number of nitrogens with one attached hydrogen (secondary N) is 1. The molecule has 0 amide bonds. The lowest BCUT2D eigenvalue weighted by atomic mass is 10.1. The SMILES string of the molecule is Cc1n[nH]c(CN)c1Oc1cc(C#N)cc(C#N)c1. The molecule has 0 fully saturated rings. The molecule has 6 heteroatoms. The maximum Gasteiger partial charge on any atom is 0.172 e. The highest BCUT2D eigenvalue weighted by atomic mass is 16.5. The van der Waals surface area contributed by atoms with Crippen molar-refractivity contribution in [2.75, 3.05) is 0 Å². The molecule has 0 saturated carbocycles. The van der Waals surface area contributed by atoms with E-state index in [1.165, 1.54) is 6.07 Å². The predicted octanol–water partition coefficient (Wildman–Crippen LogP) is 1.71. The number of rotatable bonds is 3. The Hall–Kier alpha value is -2.83. The first-order valence-electron chi connectivity index (χ1n) is 5.55. The molecule has 2 aromatic rings. The standard InChI is InChI=1S/C13H11N5O/c1-8-13(12(7-16)18-17-8)19-11-3-9(5-14)2-10(4-11)6-15/h2-4H,7,16H2,1H3,(H,17,18). The molecule has 0 radical (unpaired) electrons. The third kappa shape index (κ3) is 2.54. The van der Waals surface area contributed by atoms with Gasteiger partial charge >= 0.3 is 0 Å². The Labute approximate surface area is 110 Å². The monoisotopic (exact) mass is 253 g/mol. The van der Waals surface area contributed by atoms with Crippen molar-refractivity contribution in [3.63, 3.8) is 0 Å². The molecule has 19 heavy (non-hydrogen) atoms. The van der Waals surface area contributed by atoms with Crippen LogP contribution in [0.3, 0.4) is 0 Å². The quantitative estimate of drug-likeness (QED) is 0.864. The zero-order chi connectivity index (χ0) is 13.8. The fourth-order valence-corrected chi connectivity index (χ4v) is 1.65. The van der Waals surface area contributed by atoms with E-state index in [-0.39, 0.29) is 6.54 Å². The van der Waals surface area contributed by atoms with Crippen LogP contribution in [-0.4, -0.2) is 10.2 Å². The Morgan fingerprint density at radius 3 is 2.42 bits per heavy atom. The first-order valence-corrected chi connectivity index (χ1v) is 5.55. The minimum Gasteiger partial charge on any atom is -0.453 e. The lowest BCUT2D eigenvalue weighted by Crippen LogP contribution is -1.99. The van der Waals surface area contributed by atoms with Gasteiger partial charge in [-0.3, -0.25) is 5.10 Å². The van der Waals surface area contributed by atoms with Gasteiger partial charge in [-0.1, -0.05) is 0 Å². The topological polar surface area (TPSA) is 112 Å². The van der Waals surface area contributed by atoms with E-state index in [1.54, 1.807) is 19.1 Å². The lowest BCUT2D eigenvalue weighted by molar-refractivity contribution is 0.472. The van der Waals surface area contributed by atoms with Gasteiger partial charge in [-0.25, -0.2) is 0 Å². The van der Waals surface area contributed by atoms with Crippen molar-refractivity contribution in [1.29, 1.82) is 10.5 Å². The van der Waals surface area contributed by atoms with Gasteiger partial charge in [0.2, 0.25) is 0 Å². The number of hydrogen-bond donors (Lipinski definition) is 2. The molecule has 6 nitrogen and oxygen atoms in total. The van der Waals surface area contributed by atoms with Crippen LogP contribution in [0.5, 0.6) is 11.5 Å². The highest BCUT2D eigenvalue weighted by Crippen LogP contribution is 2.28. The van der Waals surface area contributed by atoms with Crippen LogP contribution < -0.4 is 10.5 Å². The van der Waals surface area contributed by atoms with Crippen LogP contribution in [0.1, 0.15) is 22.5 Å².